The smallest absolute Gasteiger partial charge is 0.273 e. The lowest BCUT2D eigenvalue weighted by Gasteiger charge is -2.10. The zero-order chi connectivity index (χ0) is 15.6. The third-order valence-electron chi connectivity index (χ3n) is 2.78. The number of sulfonamides is 1. The lowest BCUT2D eigenvalue weighted by atomic mass is 10.3. The average Bonchev–Trinajstić information content (AvgIpc) is 2.83. The molecule has 0 saturated heterocycles. The lowest BCUT2D eigenvalue weighted by molar-refractivity contribution is 0.101. The van der Waals surface area contributed by atoms with Crippen LogP contribution in [0, 0.1) is 0 Å². The summed E-state index contributed by atoms with van der Waals surface area (Å²) in [6.45, 7) is 0. The number of benzene rings is 1. The molecule has 1 heterocycles. The molecule has 0 bridgehead atoms. The van der Waals surface area contributed by atoms with Crippen LogP contribution in [0.15, 0.2) is 35.4 Å². The van der Waals surface area contributed by atoms with Gasteiger partial charge in [0.05, 0.1) is 7.11 Å². The van der Waals surface area contributed by atoms with Gasteiger partial charge in [0, 0.05) is 25.0 Å². The van der Waals surface area contributed by atoms with Crippen molar-refractivity contribution in [1.82, 2.24) is 9.78 Å². The number of ether oxygens (including phenoxy) is 1. The number of aryl methyl sites for hydroxylation is 1. The molecular weight excluding hydrogens is 296 g/mol. The first kappa shape index (κ1) is 15.0. The molecule has 9 heteroatoms. The number of hydrogen-bond acceptors (Lipinski definition) is 5. The standard InChI is InChI=1S/C12H14N4O4S/c1-16-9(5-6-14-16)12(17)15-8-3-4-11(21(13,18)19)10(7-8)20-2/h3-7H,1-2H3,(H,15,17)(H2,13,18,19). The van der Waals surface area contributed by atoms with E-state index in [0.717, 1.165) is 0 Å². The van der Waals surface area contributed by atoms with E-state index < -0.39 is 10.0 Å². The fourth-order valence-corrected chi connectivity index (χ4v) is 2.45. The summed E-state index contributed by atoms with van der Waals surface area (Å²) in [6, 6.07) is 5.64. The van der Waals surface area contributed by atoms with Crippen LogP contribution < -0.4 is 15.2 Å². The van der Waals surface area contributed by atoms with E-state index in [4.69, 9.17) is 9.88 Å². The second kappa shape index (κ2) is 5.54. The third-order valence-corrected chi connectivity index (χ3v) is 3.73. The number of carbonyl (C=O) groups is 1. The van der Waals surface area contributed by atoms with E-state index in [0.29, 0.717) is 11.4 Å². The molecule has 21 heavy (non-hydrogen) atoms. The van der Waals surface area contributed by atoms with Crippen LogP contribution in [-0.2, 0) is 17.1 Å². The Balaban J connectivity index is 2.30. The van der Waals surface area contributed by atoms with Crippen molar-refractivity contribution >= 4 is 21.6 Å². The van der Waals surface area contributed by atoms with E-state index in [1.165, 1.54) is 36.2 Å². The first-order valence-electron chi connectivity index (χ1n) is 5.83. The zero-order valence-corrected chi connectivity index (χ0v) is 12.2. The summed E-state index contributed by atoms with van der Waals surface area (Å²) in [6.07, 6.45) is 1.50. The summed E-state index contributed by atoms with van der Waals surface area (Å²) < 4.78 is 29.2. The summed E-state index contributed by atoms with van der Waals surface area (Å²) in [7, 11) is -0.938. The predicted molar refractivity (Wildman–Crippen MR) is 75.5 cm³/mol. The Bertz CT molecular complexity index is 782. The maximum atomic E-state index is 12.0. The summed E-state index contributed by atoms with van der Waals surface area (Å²) in [4.78, 5) is 11.9. The van der Waals surface area contributed by atoms with E-state index in [2.05, 4.69) is 10.4 Å². The topological polar surface area (TPSA) is 116 Å². The van der Waals surface area contributed by atoms with Gasteiger partial charge in [-0.25, -0.2) is 13.6 Å². The molecule has 0 atom stereocenters. The molecular formula is C12H14N4O4S. The van der Waals surface area contributed by atoms with Crippen molar-refractivity contribution in [3.8, 4) is 5.75 Å². The number of methoxy groups -OCH3 is 1. The lowest BCUT2D eigenvalue weighted by Crippen LogP contribution is -2.17. The number of aromatic nitrogens is 2. The highest BCUT2D eigenvalue weighted by Gasteiger charge is 2.16. The molecule has 0 aliphatic carbocycles. The van der Waals surface area contributed by atoms with Crippen LogP contribution in [0.5, 0.6) is 5.75 Å². The molecule has 0 aliphatic heterocycles. The largest absolute Gasteiger partial charge is 0.495 e. The minimum absolute atomic E-state index is 0.0558. The highest BCUT2D eigenvalue weighted by atomic mass is 32.2. The zero-order valence-electron chi connectivity index (χ0n) is 11.4. The van der Waals surface area contributed by atoms with Gasteiger partial charge in [-0.2, -0.15) is 5.10 Å². The molecule has 0 saturated carbocycles. The van der Waals surface area contributed by atoms with E-state index in [9.17, 15) is 13.2 Å². The molecule has 0 radical (unpaired) electrons. The number of primary sulfonamides is 1. The number of rotatable bonds is 4. The maximum Gasteiger partial charge on any atom is 0.273 e. The third kappa shape index (κ3) is 3.20. The second-order valence-corrected chi connectivity index (χ2v) is 5.73. The number of nitrogens with two attached hydrogens (primary N) is 1. The molecule has 1 amide bonds. The molecule has 2 rings (SSSR count). The van der Waals surface area contributed by atoms with Gasteiger partial charge in [0.1, 0.15) is 16.3 Å². The monoisotopic (exact) mass is 310 g/mol. The molecule has 1 aromatic heterocycles. The minimum atomic E-state index is -3.89. The van der Waals surface area contributed by atoms with Gasteiger partial charge in [-0.15, -0.1) is 0 Å². The van der Waals surface area contributed by atoms with Crippen molar-refractivity contribution in [3.63, 3.8) is 0 Å². The number of nitrogens with zero attached hydrogens (tertiary/aromatic N) is 2. The summed E-state index contributed by atoms with van der Waals surface area (Å²) >= 11 is 0. The quantitative estimate of drug-likeness (QED) is 0.844. The molecule has 2 aromatic rings. The van der Waals surface area contributed by atoms with Crippen LogP contribution >= 0.6 is 0 Å². The number of carbonyl (C=O) groups excluding carboxylic acids is 1. The van der Waals surface area contributed by atoms with E-state index in [1.807, 2.05) is 0 Å². The predicted octanol–water partition coefficient (Wildman–Crippen LogP) is 0.328. The van der Waals surface area contributed by atoms with Crippen molar-refractivity contribution in [2.24, 2.45) is 12.2 Å². The summed E-state index contributed by atoms with van der Waals surface area (Å²) in [5.74, 6) is -0.319. The van der Waals surface area contributed by atoms with E-state index >= 15 is 0 Å². The first-order valence-corrected chi connectivity index (χ1v) is 7.38. The summed E-state index contributed by atoms with van der Waals surface area (Å²) in [5.41, 5.74) is 0.745. The van der Waals surface area contributed by atoms with Gasteiger partial charge in [0.2, 0.25) is 10.0 Å². The van der Waals surface area contributed by atoms with E-state index in [1.54, 1.807) is 13.1 Å². The normalized spacial score (nSPS) is 11.2. The van der Waals surface area contributed by atoms with Gasteiger partial charge in [0.25, 0.3) is 5.91 Å². The fourth-order valence-electron chi connectivity index (χ4n) is 1.77. The molecule has 3 N–H and O–H groups in total. The van der Waals surface area contributed by atoms with Crippen molar-refractivity contribution in [3.05, 3.63) is 36.2 Å². The Hall–Kier alpha value is -2.39. The highest BCUT2D eigenvalue weighted by Crippen LogP contribution is 2.26. The Morgan fingerprint density at radius 1 is 1.38 bits per heavy atom. The Labute approximate surface area is 121 Å². The summed E-state index contributed by atoms with van der Waals surface area (Å²) in [5, 5.41) is 11.6. The Kier molecular flexibility index (Phi) is 3.96. The minimum Gasteiger partial charge on any atom is -0.495 e. The van der Waals surface area contributed by atoms with Gasteiger partial charge in [-0.3, -0.25) is 9.48 Å². The maximum absolute atomic E-state index is 12.0. The van der Waals surface area contributed by atoms with Crippen LogP contribution in [-0.4, -0.2) is 31.2 Å². The Morgan fingerprint density at radius 2 is 2.10 bits per heavy atom. The van der Waals surface area contributed by atoms with Crippen LogP contribution in [0.2, 0.25) is 0 Å². The van der Waals surface area contributed by atoms with Gasteiger partial charge < -0.3 is 10.1 Å². The SMILES string of the molecule is COc1cc(NC(=O)c2ccnn2C)ccc1S(N)(=O)=O. The average molecular weight is 310 g/mol. The van der Waals surface area contributed by atoms with Crippen LogP contribution in [0.4, 0.5) is 5.69 Å². The van der Waals surface area contributed by atoms with Crippen LogP contribution in [0.25, 0.3) is 0 Å². The number of hydrogen-bond donors (Lipinski definition) is 2. The fraction of sp³-hybridized carbons (Fsp3) is 0.167. The van der Waals surface area contributed by atoms with Crippen molar-refractivity contribution in [2.45, 2.75) is 4.90 Å². The number of nitrogens with one attached hydrogen (secondary N) is 1. The van der Waals surface area contributed by atoms with Gasteiger partial charge in [0.15, 0.2) is 0 Å². The highest BCUT2D eigenvalue weighted by molar-refractivity contribution is 7.89. The van der Waals surface area contributed by atoms with Crippen molar-refractivity contribution in [2.75, 3.05) is 12.4 Å². The molecule has 112 valence electrons. The molecule has 8 nitrogen and oxygen atoms in total. The van der Waals surface area contributed by atoms with E-state index in [-0.39, 0.29) is 16.6 Å². The first-order chi connectivity index (χ1) is 9.82. The molecule has 1 aromatic carbocycles. The van der Waals surface area contributed by atoms with Crippen LogP contribution in [0.1, 0.15) is 10.5 Å². The number of amides is 1. The molecule has 0 aliphatic rings. The van der Waals surface area contributed by atoms with Gasteiger partial charge in [-0.1, -0.05) is 0 Å². The van der Waals surface area contributed by atoms with Gasteiger partial charge >= 0.3 is 0 Å². The molecule has 0 spiro atoms. The second-order valence-electron chi connectivity index (χ2n) is 4.20. The van der Waals surface area contributed by atoms with Crippen molar-refractivity contribution in [1.29, 1.82) is 0 Å². The van der Waals surface area contributed by atoms with Crippen molar-refractivity contribution < 1.29 is 17.9 Å². The van der Waals surface area contributed by atoms with Crippen LogP contribution in [0.3, 0.4) is 0 Å². The van der Waals surface area contributed by atoms with Gasteiger partial charge in [-0.05, 0) is 18.2 Å². The number of anilines is 1. The molecule has 0 fully saturated rings. The molecule has 0 unspecified atom stereocenters. The Morgan fingerprint density at radius 3 is 2.62 bits per heavy atom.